The van der Waals surface area contributed by atoms with Gasteiger partial charge in [0.2, 0.25) is 0 Å². The van der Waals surface area contributed by atoms with Crippen molar-refractivity contribution in [3.63, 3.8) is 0 Å². The first kappa shape index (κ1) is 16.2. The standard InChI is InChI=1S/C22H26N2O/c1-3-9-19(10-4-1)25-20-11-12-22-21(16-20)18(17-23-22)8-7-15-24-13-5-2-6-14-24/h1,3-4,9-12,16-17,23H,2,5-8,13-15H2. The van der Waals surface area contributed by atoms with Crippen LogP contribution in [0.2, 0.25) is 0 Å². The smallest absolute Gasteiger partial charge is 0.128 e. The van der Waals surface area contributed by atoms with Crippen LogP contribution in [0, 0.1) is 0 Å². The van der Waals surface area contributed by atoms with E-state index < -0.39 is 0 Å². The van der Waals surface area contributed by atoms with Crippen LogP contribution in [0.3, 0.4) is 0 Å². The Morgan fingerprint density at radius 3 is 2.60 bits per heavy atom. The zero-order chi connectivity index (χ0) is 16.9. The predicted octanol–water partition coefficient (Wildman–Crippen LogP) is 5.38. The highest BCUT2D eigenvalue weighted by molar-refractivity contribution is 5.84. The minimum absolute atomic E-state index is 0.879. The van der Waals surface area contributed by atoms with Crippen LogP contribution in [0.4, 0.5) is 0 Å². The number of H-pyrrole nitrogens is 1. The predicted molar refractivity (Wildman–Crippen MR) is 103 cm³/mol. The second-order valence-electron chi connectivity index (χ2n) is 6.94. The van der Waals surface area contributed by atoms with E-state index in [2.05, 4.69) is 28.2 Å². The average molecular weight is 334 g/mol. The minimum atomic E-state index is 0.879. The van der Waals surface area contributed by atoms with Gasteiger partial charge in [0.25, 0.3) is 0 Å². The van der Waals surface area contributed by atoms with Crippen molar-refractivity contribution >= 4 is 10.9 Å². The Bertz CT molecular complexity index is 803. The summed E-state index contributed by atoms with van der Waals surface area (Å²) in [6.07, 6.45) is 8.64. The fourth-order valence-corrected chi connectivity index (χ4v) is 3.73. The van der Waals surface area contributed by atoms with Gasteiger partial charge in [-0.2, -0.15) is 0 Å². The lowest BCUT2D eigenvalue weighted by molar-refractivity contribution is 0.226. The first-order chi connectivity index (χ1) is 12.4. The summed E-state index contributed by atoms with van der Waals surface area (Å²) >= 11 is 0. The van der Waals surface area contributed by atoms with Crippen LogP contribution in [0.1, 0.15) is 31.2 Å². The van der Waals surface area contributed by atoms with Crippen LogP contribution < -0.4 is 4.74 Å². The van der Waals surface area contributed by atoms with Gasteiger partial charge in [-0.1, -0.05) is 24.6 Å². The zero-order valence-corrected chi connectivity index (χ0v) is 14.7. The highest BCUT2D eigenvalue weighted by atomic mass is 16.5. The van der Waals surface area contributed by atoms with Crippen LogP contribution in [0.5, 0.6) is 11.5 Å². The molecule has 0 unspecified atom stereocenters. The number of hydrogen-bond acceptors (Lipinski definition) is 2. The number of fused-ring (bicyclic) bond motifs is 1. The number of aryl methyl sites for hydroxylation is 1. The summed E-state index contributed by atoms with van der Waals surface area (Å²) in [4.78, 5) is 6.01. The molecular weight excluding hydrogens is 308 g/mol. The Morgan fingerprint density at radius 2 is 1.76 bits per heavy atom. The Balaban J connectivity index is 1.43. The monoisotopic (exact) mass is 334 g/mol. The molecule has 0 atom stereocenters. The summed E-state index contributed by atoms with van der Waals surface area (Å²) in [5.41, 5.74) is 2.58. The topological polar surface area (TPSA) is 28.3 Å². The van der Waals surface area contributed by atoms with Crippen LogP contribution in [-0.2, 0) is 6.42 Å². The molecule has 2 aromatic carbocycles. The molecule has 2 heterocycles. The quantitative estimate of drug-likeness (QED) is 0.655. The van der Waals surface area contributed by atoms with Crippen LogP contribution >= 0.6 is 0 Å². The first-order valence-electron chi connectivity index (χ1n) is 9.44. The molecule has 1 aromatic heterocycles. The summed E-state index contributed by atoms with van der Waals surface area (Å²) in [5.74, 6) is 1.78. The molecular formula is C22H26N2O. The lowest BCUT2D eigenvalue weighted by atomic mass is 10.1. The van der Waals surface area contributed by atoms with Gasteiger partial charge in [0.05, 0.1) is 0 Å². The van der Waals surface area contributed by atoms with E-state index in [0.717, 1.165) is 17.9 Å². The largest absolute Gasteiger partial charge is 0.457 e. The molecule has 3 aromatic rings. The number of hydrogen-bond donors (Lipinski definition) is 1. The summed E-state index contributed by atoms with van der Waals surface area (Å²) in [6.45, 7) is 3.78. The number of ether oxygens (including phenoxy) is 1. The third kappa shape index (κ3) is 4.05. The number of nitrogens with one attached hydrogen (secondary N) is 1. The van der Waals surface area contributed by atoms with E-state index in [0.29, 0.717) is 0 Å². The SMILES string of the molecule is c1ccc(Oc2ccc3[nH]cc(CCCN4CCCCC4)c3c2)cc1. The van der Waals surface area contributed by atoms with Gasteiger partial charge in [0.15, 0.2) is 0 Å². The molecule has 0 aliphatic carbocycles. The average Bonchev–Trinajstić information content (AvgIpc) is 3.06. The van der Waals surface area contributed by atoms with E-state index >= 15 is 0 Å². The van der Waals surface area contributed by atoms with E-state index in [1.165, 1.54) is 61.8 Å². The molecule has 1 saturated heterocycles. The molecule has 0 radical (unpaired) electrons. The van der Waals surface area contributed by atoms with Crippen molar-refractivity contribution in [3.8, 4) is 11.5 Å². The van der Waals surface area contributed by atoms with Gasteiger partial charge in [-0.3, -0.25) is 0 Å². The van der Waals surface area contributed by atoms with Crippen LogP contribution in [-0.4, -0.2) is 29.5 Å². The molecule has 3 heteroatoms. The van der Waals surface area contributed by atoms with Gasteiger partial charge in [-0.05, 0) is 81.2 Å². The second kappa shape index (κ2) is 7.75. The Hall–Kier alpha value is -2.26. The minimum Gasteiger partial charge on any atom is -0.457 e. The molecule has 3 nitrogen and oxygen atoms in total. The number of benzene rings is 2. The lowest BCUT2D eigenvalue weighted by Gasteiger charge is -2.26. The Labute approximate surface area is 149 Å². The van der Waals surface area contributed by atoms with Crippen molar-refractivity contribution in [2.24, 2.45) is 0 Å². The summed E-state index contributed by atoms with van der Waals surface area (Å²) in [7, 11) is 0. The fraction of sp³-hybridized carbons (Fsp3) is 0.364. The van der Waals surface area contributed by atoms with Crippen molar-refractivity contribution in [1.29, 1.82) is 0 Å². The Kier molecular flexibility index (Phi) is 5.03. The van der Waals surface area contributed by atoms with Gasteiger partial charge in [0, 0.05) is 17.1 Å². The normalized spacial score (nSPS) is 15.5. The number of aromatic nitrogens is 1. The van der Waals surface area contributed by atoms with Crippen molar-refractivity contribution in [2.75, 3.05) is 19.6 Å². The van der Waals surface area contributed by atoms with Gasteiger partial charge < -0.3 is 14.6 Å². The van der Waals surface area contributed by atoms with Crippen molar-refractivity contribution in [2.45, 2.75) is 32.1 Å². The van der Waals surface area contributed by atoms with Gasteiger partial charge in [-0.25, -0.2) is 0 Å². The maximum Gasteiger partial charge on any atom is 0.128 e. The van der Waals surface area contributed by atoms with E-state index in [-0.39, 0.29) is 0 Å². The van der Waals surface area contributed by atoms with Gasteiger partial charge >= 0.3 is 0 Å². The van der Waals surface area contributed by atoms with E-state index in [4.69, 9.17) is 4.74 Å². The van der Waals surface area contributed by atoms with E-state index in [1.807, 2.05) is 36.4 Å². The number of nitrogens with zero attached hydrogens (tertiary/aromatic N) is 1. The molecule has 1 fully saturated rings. The van der Waals surface area contributed by atoms with Crippen molar-refractivity contribution in [3.05, 3.63) is 60.3 Å². The number of likely N-dealkylation sites (tertiary alicyclic amines) is 1. The first-order valence-corrected chi connectivity index (χ1v) is 9.44. The molecule has 130 valence electrons. The third-order valence-electron chi connectivity index (χ3n) is 5.09. The van der Waals surface area contributed by atoms with Gasteiger partial charge in [-0.15, -0.1) is 0 Å². The number of aromatic amines is 1. The molecule has 0 saturated carbocycles. The Morgan fingerprint density at radius 1 is 0.920 bits per heavy atom. The zero-order valence-electron chi connectivity index (χ0n) is 14.7. The molecule has 0 spiro atoms. The summed E-state index contributed by atoms with van der Waals surface area (Å²) in [6, 6.07) is 16.3. The van der Waals surface area contributed by atoms with E-state index in [1.54, 1.807) is 0 Å². The maximum absolute atomic E-state index is 5.99. The lowest BCUT2D eigenvalue weighted by Crippen LogP contribution is -2.30. The molecule has 25 heavy (non-hydrogen) atoms. The summed E-state index contributed by atoms with van der Waals surface area (Å²) < 4.78 is 5.99. The van der Waals surface area contributed by atoms with Gasteiger partial charge in [0.1, 0.15) is 11.5 Å². The van der Waals surface area contributed by atoms with Crippen LogP contribution in [0.25, 0.3) is 10.9 Å². The molecule has 0 bridgehead atoms. The highest BCUT2D eigenvalue weighted by Crippen LogP contribution is 2.28. The van der Waals surface area contributed by atoms with E-state index in [9.17, 15) is 0 Å². The highest BCUT2D eigenvalue weighted by Gasteiger charge is 2.11. The molecule has 1 aliphatic rings. The summed E-state index contributed by atoms with van der Waals surface area (Å²) in [5, 5.41) is 1.28. The third-order valence-corrected chi connectivity index (χ3v) is 5.09. The number of rotatable bonds is 6. The molecule has 4 rings (SSSR count). The molecule has 1 aliphatic heterocycles. The number of para-hydroxylation sites is 1. The maximum atomic E-state index is 5.99. The fourth-order valence-electron chi connectivity index (χ4n) is 3.73. The second-order valence-corrected chi connectivity index (χ2v) is 6.94. The van der Waals surface area contributed by atoms with Crippen LogP contribution in [0.15, 0.2) is 54.7 Å². The molecule has 1 N–H and O–H groups in total. The molecule has 0 amide bonds. The number of piperidine rings is 1. The van der Waals surface area contributed by atoms with Crippen molar-refractivity contribution in [1.82, 2.24) is 9.88 Å². The van der Waals surface area contributed by atoms with Crippen molar-refractivity contribution < 1.29 is 4.74 Å².